The normalized spacial score (nSPS) is 12.2. The van der Waals surface area contributed by atoms with Crippen molar-refractivity contribution in [1.82, 2.24) is 19.9 Å². The summed E-state index contributed by atoms with van der Waals surface area (Å²) < 4.78 is 58.3. The summed E-state index contributed by atoms with van der Waals surface area (Å²) in [5.74, 6) is 1.25. The zero-order valence-electron chi connectivity index (χ0n) is 37.5. The third kappa shape index (κ3) is 8.89. The molecule has 0 amide bonds. The predicted octanol–water partition coefficient (Wildman–Crippen LogP) is 15.0. The number of alkyl halides is 3. The van der Waals surface area contributed by atoms with Crippen molar-refractivity contribution < 1.29 is 43.1 Å². The molecule has 4 aromatic carbocycles. The number of fused-ring (bicyclic) bond motifs is 2. The average molecular weight is 1050 g/mol. The Labute approximate surface area is 391 Å². The molecule has 11 heteroatoms. The van der Waals surface area contributed by atoms with Gasteiger partial charge in [-0.05, 0) is 77.0 Å². The molecule has 0 aliphatic rings. The first-order chi connectivity index (χ1) is 30.3. The van der Waals surface area contributed by atoms with E-state index in [1.54, 1.807) is 37.2 Å². The molecule has 0 spiro atoms. The maximum Gasteiger partial charge on any atom is 2.00 e. The summed E-state index contributed by atoms with van der Waals surface area (Å²) in [6, 6.07) is 36.7. The fourth-order valence-corrected chi connectivity index (χ4v) is 8.06. The summed E-state index contributed by atoms with van der Waals surface area (Å²) in [6.07, 6.45) is -0.0119. The molecule has 5 heterocycles. The molecule has 9 rings (SSSR count). The molecule has 65 heavy (non-hydrogen) atoms. The van der Waals surface area contributed by atoms with Gasteiger partial charge in [-0.1, -0.05) is 97.0 Å². The van der Waals surface area contributed by atoms with Crippen molar-refractivity contribution in [2.75, 3.05) is 4.90 Å². The van der Waals surface area contributed by atoms with Crippen LogP contribution in [0.4, 0.5) is 30.2 Å². The van der Waals surface area contributed by atoms with Crippen LogP contribution in [0.3, 0.4) is 0 Å². The third-order valence-corrected chi connectivity index (χ3v) is 11.5. The SMILES string of the molecule is Cc1cc(-c2nccc3cc(-c4ccc(C(C)(C)C)cc4)oc23)[c-]c(N(c2[c-]c(-c3nccc4cc(-c5ccc(C(C)(C)C)cc5)oc34)cc(C(F)(F)F)c2)c2c(C)ncnc2C)c1.[Pt+2]. The monoisotopic (exact) mass is 1050 g/mol. The van der Waals surface area contributed by atoms with E-state index in [0.717, 1.165) is 34.2 Å². The van der Waals surface area contributed by atoms with Gasteiger partial charge in [0, 0.05) is 45.7 Å². The molecule has 0 saturated carbocycles. The molecule has 0 unspecified atom stereocenters. The molecule has 0 aliphatic heterocycles. The maximum absolute atomic E-state index is 15.1. The number of furan rings is 2. The number of hydrogen-bond acceptors (Lipinski definition) is 7. The predicted molar refractivity (Wildman–Crippen MR) is 248 cm³/mol. The molecule has 330 valence electrons. The molecule has 0 saturated heterocycles. The second-order valence-electron chi connectivity index (χ2n) is 18.4. The molecule has 9 aromatic rings. The maximum atomic E-state index is 15.1. The van der Waals surface area contributed by atoms with Gasteiger partial charge in [-0.2, -0.15) is 13.2 Å². The van der Waals surface area contributed by atoms with E-state index in [0.29, 0.717) is 62.1 Å². The minimum atomic E-state index is -4.73. The Morgan fingerprint density at radius 2 is 0.969 bits per heavy atom. The van der Waals surface area contributed by atoms with E-state index >= 15 is 13.2 Å². The van der Waals surface area contributed by atoms with Crippen molar-refractivity contribution in [3.63, 3.8) is 0 Å². The number of aromatic nitrogens is 4. The molecular formula is C54H46F3N5O2Pt. The van der Waals surface area contributed by atoms with E-state index in [4.69, 9.17) is 13.8 Å². The third-order valence-electron chi connectivity index (χ3n) is 11.5. The quantitative estimate of drug-likeness (QED) is 0.147. The topological polar surface area (TPSA) is 81.1 Å². The van der Waals surface area contributed by atoms with E-state index in [2.05, 4.69) is 105 Å². The summed E-state index contributed by atoms with van der Waals surface area (Å²) in [4.78, 5) is 20.0. The number of halogens is 3. The zero-order chi connectivity index (χ0) is 45.3. The Kier molecular flexibility index (Phi) is 11.7. The van der Waals surface area contributed by atoms with Gasteiger partial charge >= 0.3 is 27.2 Å². The first-order valence-corrected chi connectivity index (χ1v) is 21.1. The Balaban J connectivity index is 0.00000576. The average Bonchev–Trinajstić information content (AvgIpc) is 3.89. The molecular weight excluding hydrogens is 1000 g/mol. The minimum absolute atomic E-state index is 0. The van der Waals surface area contributed by atoms with Crippen molar-refractivity contribution in [1.29, 1.82) is 0 Å². The van der Waals surface area contributed by atoms with Crippen LogP contribution in [0.5, 0.6) is 0 Å². The van der Waals surface area contributed by atoms with Crippen LogP contribution in [-0.2, 0) is 38.1 Å². The molecule has 7 nitrogen and oxygen atoms in total. The number of pyridine rings is 2. The smallest absolute Gasteiger partial charge is 0.464 e. The Morgan fingerprint density at radius 1 is 0.523 bits per heavy atom. The molecule has 0 N–H and O–H groups in total. The first kappa shape index (κ1) is 45.2. The van der Waals surface area contributed by atoms with Gasteiger partial charge in [-0.15, -0.1) is 53.1 Å². The van der Waals surface area contributed by atoms with E-state index in [1.807, 2.05) is 49.4 Å². The number of anilines is 3. The van der Waals surface area contributed by atoms with Gasteiger partial charge < -0.3 is 23.7 Å². The Bertz CT molecular complexity index is 3190. The van der Waals surface area contributed by atoms with E-state index < -0.39 is 11.7 Å². The van der Waals surface area contributed by atoms with Crippen LogP contribution in [0.15, 0.2) is 125 Å². The summed E-state index contributed by atoms with van der Waals surface area (Å²) >= 11 is 0. The van der Waals surface area contributed by atoms with Crippen molar-refractivity contribution in [2.45, 2.75) is 79.3 Å². The van der Waals surface area contributed by atoms with Gasteiger partial charge in [0.2, 0.25) is 0 Å². The van der Waals surface area contributed by atoms with E-state index in [9.17, 15) is 0 Å². The van der Waals surface area contributed by atoms with Crippen LogP contribution in [0.25, 0.3) is 67.1 Å². The Morgan fingerprint density at radius 3 is 1.42 bits per heavy atom. The number of nitrogens with zero attached hydrogens (tertiary/aromatic N) is 5. The van der Waals surface area contributed by atoms with Crippen molar-refractivity contribution >= 4 is 39.0 Å². The Hall–Kier alpha value is -6.38. The van der Waals surface area contributed by atoms with Gasteiger partial charge in [0.25, 0.3) is 0 Å². The minimum Gasteiger partial charge on any atom is -0.464 e. The van der Waals surface area contributed by atoms with Gasteiger partial charge in [0.1, 0.15) is 29.0 Å². The standard InChI is InChI=1S/C54H46F3N5O2.Pt/c1-31-22-38(47-50-36(18-20-58-47)27-45(63-50)34-10-14-40(15-11-34)52(4,5)6)25-43(23-31)62(49-32(2)60-30-61-33(49)3)44-26-39(24-42(29-44)54(55,56)57)48-51-37(19-21-59-48)28-46(64-51)35-12-16-41(17-13-35)53(7,8)9;/h10-24,27-30H,1-9H3;/q-2;+2. The zero-order valence-corrected chi connectivity index (χ0v) is 39.7. The number of rotatable bonds is 7. The van der Waals surface area contributed by atoms with Crippen LogP contribution >= 0.6 is 0 Å². The summed E-state index contributed by atoms with van der Waals surface area (Å²) in [6.45, 7) is 18.5. The summed E-state index contributed by atoms with van der Waals surface area (Å²) in [7, 11) is 0. The fourth-order valence-electron chi connectivity index (χ4n) is 8.06. The molecule has 0 radical (unpaired) electrons. The van der Waals surface area contributed by atoms with Gasteiger partial charge in [0.05, 0.1) is 17.1 Å². The second-order valence-corrected chi connectivity index (χ2v) is 18.4. The second kappa shape index (κ2) is 16.9. The van der Waals surface area contributed by atoms with Gasteiger partial charge in [0.15, 0.2) is 0 Å². The van der Waals surface area contributed by atoms with Gasteiger partial charge in [-0.25, -0.2) is 9.97 Å². The number of hydrogen-bond donors (Lipinski definition) is 0. The largest absolute Gasteiger partial charge is 2.00 e. The van der Waals surface area contributed by atoms with Crippen LogP contribution in [0, 0.1) is 32.9 Å². The van der Waals surface area contributed by atoms with Gasteiger partial charge in [-0.3, -0.25) is 0 Å². The van der Waals surface area contributed by atoms with E-state index in [-0.39, 0.29) is 48.8 Å². The first-order valence-electron chi connectivity index (χ1n) is 21.1. The molecule has 0 aliphatic carbocycles. The number of aryl methyl sites for hydroxylation is 3. The van der Waals surface area contributed by atoms with E-state index in [1.165, 1.54) is 17.5 Å². The van der Waals surface area contributed by atoms with Crippen LogP contribution in [0.2, 0.25) is 0 Å². The molecule has 0 atom stereocenters. The summed E-state index contributed by atoms with van der Waals surface area (Å²) in [5.41, 5.74) is 8.38. The van der Waals surface area contributed by atoms with Crippen LogP contribution in [0.1, 0.15) is 75.2 Å². The molecule has 0 fully saturated rings. The number of benzene rings is 4. The van der Waals surface area contributed by atoms with Crippen molar-refractivity contribution in [3.8, 4) is 45.2 Å². The van der Waals surface area contributed by atoms with Crippen LogP contribution < -0.4 is 4.90 Å². The molecule has 5 aromatic heterocycles. The van der Waals surface area contributed by atoms with Crippen molar-refractivity contribution in [3.05, 3.63) is 162 Å². The van der Waals surface area contributed by atoms with Crippen LogP contribution in [-0.4, -0.2) is 19.9 Å². The fraction of sp³-hybridized carbons (Fsp3) is 0.222. The summed E-state index contributed by atoms with van der Waals surface area (Å²) in [5, 5.41) is 1.53. The molecule has 0 bridgehead atoms. The van der Waals surface area contributed by atoms with Crippen molar-refractivity contribution in [2.24, 2.45) is 0 Å².